The van der Waals surface area contributed by atoms with Crippen LogP contribution in [-0.2, 0) is 13.1 Å². The number of halogens is 2. The summed E-state index contributed by atoms with van der Waals surface area (Å²) in [7, 11) is 0. The fraction of sp³-hybridized carbons (Fsp3) is 0.357. The second-order valence-electron chi connectivity index (χ2n) is 4.45. The van der Waals surface area contributed by atoms with Gasteiger partial charge in [-0.15, -0.1) is 0 Å². The average molecular weight is 298 g/mol. The molecule has 1 heterocycles. The Labute approximate surface area is 123 Å². The van der Waals surface area contributed by atoms with Crippen molar-refractivity contribution in [3.8, 4) is 0 Å². The minimum Gasteiger partial charge on any atom is -0.313 e. The van der Waals surface area contributed by atoms with E-state index in [-0.39, 0.29) is 0 Å². The summed E-state index contributed by atoms with van der Waals surface area (Å²) in [6.45, 7) is 6.52. The maximum atomic E-state index is 6.16. The zero-order chi connectivity index (χ0) is 13.8. The molecule has 2 rings (SSSR count). The van der Waals surface area contributed by atoms with Crippen LogP contribution in [0.25, 0.3) is 0 Å². The van der Waals surface area contributed by atoms with Crippen LogP contribution in [0.5, 0.6) is 0 Å². The second kappa shape index (κ2) is 6.42. The first-order chi connectivity index (χ1) is 9.10. The molecule has 0 spiro atoms. The highest BCUT2D eigenvalue weighted by molar-refractivity contribution is 6.33. The molecular formula is C14H17Cl2N3. The number of aromatic nitrogens is 2. The summed E-state index contributed by atoms with van der Waals surface area (Å²) < 4.78 is 1.90. The van der Waals surface area contributed by atoms with Crippen molar-refractivity contribution in [2.75, 3.05) is 6.54 Å². The molecule has 0 unspecified atom stereocenters. The van der Waals surface area contributed by atoms with E-state index in [4.69, 9.17) is 23.2 Å². The molecule has 1 N–H and O–H groups in total. The van der Waals surface area contributed by atoms with E-state index in [0.29, 0.717) is 16.6 Å². The highest BCUT2D eigenvalue weighted by atomic mass is 35.5. The third-order valence-corrected chi connectivity index (χ3v) is 3.56. The van der Waals surface area contributed by atoms with Crippen LogP contribution in [0.4, 0.5) is 0 Å². The van der Waals surface area contributed by atoms with Gasteiger partial charge < -0.3 is 5.32 Å². The van der Waals surface area contributed by atoms with Gasteiger partial charge in [-0.1, -0.05) is 30.1 Å². The summed E-state index contributed by atoms with van der Waals surface area (Å²) in [6, 6.07) is 5.48. The molecule has 0 atom stereocenters. The van der Waals surface area contributed by atoms with Gasteiger partial charge in [0.25, 0.3) is 0 Å². The lowest BCUT2D eigenvalue weighted by atomic mass is 10.2. The Morgan fingerprint density at radius 2 is 2.05 bits per heavy atom. The maximum Gasteiger partial charge on any atom is 0.0674 e. The molecule has 0 aliphatic carbocycles. The molecule has 0 radical (unpaired) electrons. The van der Waals surface area contributed by atoms with E-state index in [9.17, 15) is 0 Å². The largest absolute Gasteiger partial charge is 0.313 e. The van der Waals surface area contributed by atoms with Crippen molar-refractivity contribution in [2.24, 2.45) is 0 Å². The zero-order valence-electron chi connectivity index (χ0n) is 11.1. The number of hydrogen-bond donors (Lipinski definition) is 1. The number of aryl methyl sites for hydroxylation is 1. The zero-order valence-corrected chi connectivity index (χ0v) is 12.6. The fourth-order valence-electron chi connectivity index (χ4n) is 1.91. The maximum absolute atomic E-state index is 6.16. The fourth-order valence-corrected chi connectivity index (χ4v) is 2.28. The lowest BCUT2D eigenvalue weighted by Gasteiger charge is -2.05. The van der Waals surface area contributed by atoms with Gasteiger partial charge in [-0.25, -0.2) is 0 Å². The minimum atomic E-state index is 0.631. The van der Waals surface area contributed by atoms with Crippen molar-refractivity contribution < 1.29 is 0 Å². The van der Waals surface area contributed by atoms with E-state index >= 15 is 0 Å². The molecular weight excluding hydrogens is 281 g/mol. The molecule has 0 saturated heterocycles. The molecule has 0 amide bonds. The monoisotopic (exact) mass is 297 g/mol. The third-order valence-electron chi connectivity index (χ3n) is 2.95. The standard InChI is InChI=1S/C14H17Cl2N3/c1-3-17-7-12-9-19(18-10(12)2)8-11-6-13(15)4-5-14(11)16/h4-6,9,17H,3,7-8H2,1-2H3. The topological polar surface area (TPSA) is 29.9 Å². The predicted octanol–water partition coefficient (Wildman–Crippen LogP) is 3.66. The van der Waals surface area contributed by atoms with Gasteiger partial charge in [0.1, 0.15) is 0 Å². The normalized spacial score (nSPS) is 10.9. The molecule has 102 valence electrons. The van der Waals surface area contributed by atoms with Gasteiger partial charge in [0.05, 0.1) is 12.2 Å². The first-order valence-corrected chi connectivity index (χ1v) is 7.03. The van der Waals surface area contributed by atoms with E-state index in [1.54, 1.807) is 6.07 Å². The van der Waals surface area contributed by atoms with Gasteiger partial charge in [-0.2, -0.15) is 5.10 Å². The SMILES string of the molecule is CCNCc1cn(Cc2cc(Cl)ccc2Cl)nc1C. The van der Waals surface area contributed by atoms with Gasteiger partial charge >= 0.3 is 0 Å². The van der Waals surface area contributed by atoms with Crippen LogP contribution in [0.3, 0.4) is 0 Å². The van der Waals surface area contributed by atoms with Crippen LogP contribution < -0.4 is 5.32 Å². The van der Waals surface area contributed by atoms with Gasteiger partial charge in [0.2, 0.25) is 0 Å². The molecule has 3 nitrogen and oxygen atoms in total. The van der Waals surface area contributed by atoms with Crippen molar-refractivity contribution in [1.29, 1.82) is 0 Å². The molecule has 2 aromatic rings. The number of rotatable bonds is 5. The Morgan fingerprint density at radius 3 is 2.79 bits per heavy atom. The molecule has 0 aliphatic rings. The summed E-state index contributed by atoms with van der Waals surface area (Å²) in [5.74, 6) is 0. The smallest absolute Gasteiger partial charge is 0.0674 e. The number of benzene rings is 1. The summed E-state index contributed by atoms with van der Waals surface area (Å²) >= 11 is 12.2. The first-order valence-electron chi connectivity index (χ1n) is 6.27. The van der Waals surface area contributed by atoms with Gasteiger partial charge in [-0.05, 0) is 37.2 Å². The number of nitrogens with one attached hydrogen (secondary N) is 1. The lowest BCUT2D eigenvalue weighted by Crippen LogP contribution is -2.11. The quantitative estimate of drug-likeness (QED) is 0.913. The number of nitrogens with zero attached hydrogens (tertiary/aromatic N) is 2. The van der Waals surface area contributed by atoms with Gasteiger partial charge in [0.15, 0.2) is 0 Å². The minimum absolute atomic E-state index is 0.631. The Kier molecular flexibility index (Phi) is 4.86. The number of hydrogen-bond acceptors (Lipinski definition) is 2. The van der Waals surface area contributed by atoms with E-state index in [2.05, 4.69) is 23.5 Å². The summed E-state index contributed by atoms with van der Waals surface area (Å²) in [6.07, 6.45) is 2.05. The van der Waals surface area contributed by atoms with E-state index < -0.39 is 0 Å². The first kappa shape index (κ1) is 14.4. The summed E-state index contributed by atoms with van der Waals surface area (Å²) in [4.78, 5) is 0. The molecule has 19 heavy (non-hydrogen) atoms. The third kappa shape index (κ3) is 3.72. The van der Waals surface area contributed by atoms with E-state index in [0.717, 1.165) is 24.3 Å². The average Bonchev–Trinajstić information content (AvgIpc) is 2.72. The predicted molar refractivity (Wildman–Crippen MR) is 79.9 cm³/mol. The Hall–Kier alpha value is -1.03. The molecule has 5 heteroatoms. The van der Waals surface area contributed by atoms with Gasteiger partial charge in [0, 0.05) is 28.4 Å². The highest BCUT2D eigenvalue weighted by Crippen LogP contribution is 2.21. The Balaban J connectivity index is 2.17. The summed E-state index contributed by atoms with van der Waals surface area (Å²) in [5, 5.41) is 9.21. The Bertz CT molecular complexity index is 564. The Morgan fingerprint density at radius 1 is 1.26 bits per heavy atom. The van der Waals surface area contributed by atoms with Crippen LogP contribution in [-0.4, -0.2) is 16.3 Å². The molecule has 1 aromatic heterocycles. The van der Waals surface area contributed by atoms with Crippen molar-refractivity contribution >= 4 is 23.2 Å². The van der Waals surface area contributed by atoms with E-state index in [1.807, 2.05) is 23.7 Å². The van der Waals surface area contributed by atoms with Crippen LogP contribution in [0, 0.1) is 6.92 Å². The highest BCUT2D eigenvalue weighted by Gasteiger charge is 2.07. The summed E-state index contributed by atoms with van der Waals surface area (Å²) in [5.41, 5.74) is 3.23. The lowest BCUT2D eigenvalue weighted by molar-refractivity contribution is 0.678. The van der Waals surface area contributed by atoms with E-state index in [1.165, 1.54) is 5.56 Å². The van der Waals surface area contributed by atoms with Crippen molar-refractivity contribution in [3.05, 3.63) is 51.3 Å². The molecule has 0 fully saturated rings. The van der Waals surface area contributed by atoms with Crippen LogP contribution in [0.15, 0.2) is 24.4 Å². The van der Waals surface area contributed by atoms with Gasteiger partial charge in [-0.3, -0.25) is 4.68 Å². The van der Waals surface area contributed by atoms with Crippen LogP contribution in [0.2, 0.25) is 10.0 Å². The van der Waals surface area contributed by atoms with Crippen LogP contribution in [0.1, 0.15) is 23.7 Å². The van der Waals surface area contributed by atoms with Crippen molar-refractivity contribution in [2.45, 2.75) is 26.9 Å². The van der Waals surface area contributed by atoms with Crippen LogP contribution >= 0.6 is 23.2 Å². The second-order valence-corrected chi connectivity index (χ2v) is 5.30. The molecule has 0 aliphatic heterocycles. The van der Waals surface area contributed by atoms with Crippen molar-refractivity contribution in [3.63, 3.8) is 0 Å². The molecule has 1 aromatic carbocycles. The van der Waals surface area contributed by atoms with Crippen molar-refractivity contribution in [1.82, 2.24) is 15.1 Å². The molecule has 0 bridgehead atoms. The molecule has 0 saturated carbocycles.